The van der Waals surface area contributed by atoms with Gasteiger partial charge in [0.15, 0.2) is 5.69 Å². The zero-order valence-electron chi connectivity index (χ0n) is 20.1. The van der Waals surface area contributed by atoms with Crippen LogP contribution in [0.25, 0.3) is 0 Å². The molecule has 2 N–H and O–H groups in total. The number of likely N-dealkylation sites (N-methyl/N-ethyl adjacent to an activating group) is 1. The Morgan fingerprint density at radius 3 is 2.48 bits per heavy atom. The van der Waals surface area contributed by atoms with Crippen molar-refractivity contribution in [1.82, 2.24) is 30.2 Å². The Morgan fingerprint density at radius 2 is 1.82 bits per heavy atom. The Bertz CT molecular complexity index is 870. The number of fused-ring (bicyclic) bond motifs is 1. The highest BCUT2D eigenvalue weighted by Gasteiger charge is 2.48. The van der Waals surface area contributed by atoms with Crippen LogP contribution in [-0.4, -0.2) is 81.6 Å². The highest BCUT2D eigenvalue weighted by Crippen LogP contribution is 2.28. The number of likely N-dealkylation sites (tertiary alicyclic amines) is 1. The number of carbonyl (C=O) groups is 3. The summed E-state index contributed by atoms with van der Waals surface area (Å²) in [6, 6.07) is 1.73. The molecule has 0 spiro atoms. The van der Waals surface area contributed by atoms with Gasteiger partial charge in [0.2, 0.25) is 5.91 Å². The largest absolute Gasteiger partial charge is 0.351 e. The summed E-state index contributed by atoms with van der Waals surface area (Å²) >= 11 is 0. The molecule has 1 saturated heterocycles. The summed E-state index contributed by atoms with van der Waals surface area (Å²) in [7, 11) is 0. The molecule has 0 bridgehead atoms. The fourth-order valence-corrected chi connectivity index (χ4v) is 5.44. The first-order valence-electron chi connectivity index (χ1n) is 12.6. The fourth-order valence-electron chi connectivity index (χ4n) is 5.44. The van der Waals surface area contributed by atoms with Crippen LogP contribution in [0.1, 0.15) is 86.2 Å². The van der Waals surface area contributed by atoms with Crippen molar-refractivity contribution in [2.45, 2.75) is 83.3 Å². The van der Waals surface area contributed by atoms with Crippen LogP contribution < -0.4 is 10.6 Å². The molecule has 4 rings (SSSR count). The van der Waals surface area contributed by atoms with Gasteiger partial charge >= 0.3 is 0 Å². The second kappa shape index (κ2) is 10.2. The molecule has 3 aliphatic rings. The van der Waals surface area contributed by atoms with Crippen molar-refractivity contribution in [1.29, 1.82) is 0 Å². The van der Waals surface area contributed by atoms with E-state index in [2.05, 4.69) is 20.6 Å². The smallest absolute Gasteiger partial charge is 0.273 e. The number of carbonyl (C=O) groups excluding carboxylic acids is 3. The minimum Gasteiger partial charge on any atom is -0.351 e. The highest BCUT2D eigenvalue weighted by atomic mass is 16.2. The maximum absolute atomic E-state index is 13.2. The number of hydrogen-bond donors (Lipinski definition) is 2. The Morgan fingerprint density at radius 1 is 1.12 bits per heavy atom. The van der Waals surface area contributed by atoms with Gasteiger partial charge < -0.3 is 20.4 Å². The molecular weight excluding hydrogens is 420 g/mol. The van der Waals surface area contributed by atoms with E-state index < -0.39 is 5.54 Å². The third-order valence-electron chi connectivity index (χ3n) is 7.44. The minimum atomic E-state index is -1.03. The summed E-state index contributed by atoms with van der Waals surface area (Å²) in [5.74, 6) is -0.683. The van der Waals surface area contributed by atoms with Crippen molar-refractivity contribution in [2.24, 2.45) is 0 Å². The van der Waals surface area contributed by atoms with Crippen molar-refractivity contribution in [3.05, 3.63) is 17.5 Å². The molecule has 3 amide bonds. The number of amides is 3. The Balaban J connectivity index is 1.42. The highest BCUT2D eigenvalue weighted by molar-refractivity contribution is 6.01. The second-order valence-electron chi connectivity index (χ2n) is 9.86. The van der Waals surface area contributed by atoms with Crippen LogP contribution in [0.5, 0.6) is 0 Å². The summed E-state index contributed by atoms with van der Waals surface area (Å²) in [5.41, 5.74) is -0.445. The van der Waals surface area contributed by atoms with Gasteiger partial charge in [-0.25, -0.2) is 0 Å². The number of nitrogens with zero attached hydrogens (tertiary/aromatic N) is 4. The van der Waals surface area contributed by atoms with Gasteiger partial charge in [0.1, 0.15) is 11.2 Å². The van der Waals surface area contributed by atoms with E-state index in [1.54, 1.807) is 17.9 Å². The number of hydrogen-bond acceptors (Lipinski definition) is 5. The molecule has 1 atom stereocenters. The minimum absolute atomic E-state index is 0.144. The zero-order chi connectivity index (χ0) is 23.4. The van der Waals surface area contributed by atoms with E-state index in [0.717, 1.165) is 45.3 Å². The van der Waals surface area contributed by atoms with Crippen LogP contribution in [-0.2, 0) is 11.3 Å². The van der Waals surface area contributed by atoms with Crippen molar-refractivity contribution >= 4 is 17.7 Å². The van der Waals surface area contributed by atoms with Gasteiger partial charge in [-0.2, -0.15) is 5.10 Å². The molecule has 1 aromatic rings. The lowest BCUT2D eigenvalue weighted by Crippen LogP contribution is -2.64. The van der Waals surface area contributed by atoms with Crippen LogP contribution >= 0.6 is 0 Å². The van der Waals surface area contributed by atoms with E-state index >= 15 is 0 Å². The molecule has 1 aliphatic carbocycles. The first-order valence-corrected chi connectivity index (χ1v) is 12.6. The lowest BCUT2D eigenvalue weighted by Gasteiger charge is -2.43. The lowest BCUT2D eigenvalue weighted by atomic mass is 9.94. The summed E-state index contributed by atoms with van der Waals surface area (Å²) < 4.78 is 1.53. The van der Waals surface area contributed by atoms with Gasteiger partial charge in [-0.1, -0.05) is 25.7 Å². The first kappa shape index (κ1) is 23.7. The fraction of sp³-hybridized carbons (Fsp3) is 0.750. The van der Waals surface area contributed by atoms with Gasteiger partial charge in [-0.3, -0.25) is 19.1 Å². The van der Waals surface area contributed by atoms with Crippen LogP contribution in [0.4, 0.5) is 0 Å². The van der Waals surface area contributed by atoms with Crippen molar-refractivity contribution in [3.63, 3.8) is 0 Å². The number of rotatable bonds is 7. The van der Waals surface area contributed by atoms with E-state index in [-0.39, 0.29) is 36.0 Å². The molecule has 182 valence electrons. The van der Waals surface area contributed by atoms with E-state index in [4.69, 9.17) is 0 Å². The number of nitrogens with one attached hydrogen (secondary N) is 2. The van der Waals surface area contributed by atoms with Crippen molar-refractivity contribution in [3.8, 4) is 0 Å². The topological polar surface area (TPSA) is 99.6 Å². The average molecular weight is 459 g/mol. The standard InChI is InChI=1S/C24H38N6O3/c1-3-29-22(32)20-16-19(21(31)25-12-15-28-13-8-4-5-9-14-28)27-30(20)17-24(29,2)23(33)26-18-10-6-7-11-18/h16,18H,3-15,17H2,1-2H3,(H,25,31)(H,26,33)/t24-/m1/s1. The molecule has 0 unspecified atom stereocenters. The summed E-state index contributed by atoms with van der Waals surface area (Å²) in [5, 5.41) is 10.5. The van der Waals surface area contributed by atoms with Gasteiger partial charge in [0.25, 0.3) is 11.8 Å². The second-order valence-corrected chi connectivity index (χ2v) is 9.86. The normalized spacial score (nSPS) is 24.4. The van der Waals surface area contributed by atoms with Gasteiger partial charge in [0, 0.05) is 31.7 Å². The third-order valence-corrected chi connectivity index (χ3v) is 7.44. The van der Waals surface area contributed by atoms with Gasteiger partial charge in [0.05, 0.1) is 6.54 Å². The van der Waals surface area contributed by atoms with Crippen LogP contribution in [0.15, 0.2) is 6.07 Å². The van der Waals surface area contributed by atoms with Crippen molar-refractivity contribution in [2.75, 3.05) is 32.7 Å². The maximum Gasteiger partial charge on any atom is 0.273 e. The molecular formula is C24H38N6O3. The van der Waals surface area contributed by atoms with E-state index in [1.807, 2.05) is 6.92 Å². The Labute approximate surface area is 196 Å². The van der Waals surface area contributed by atoms with Crippen molar-refractivity contribution < 1.29 is 14.4 Å². The molecule has 9 heteroatoms. The molecule has 2 aliphatic heterocycles. The Kier molecular flexibility index (Phi) is 7.36. The van der Waals surface area contributed by atoms with Gasteiger partial charge in [-0.05, 0) is 52.6 Å². The summed E-state index contributed by atoms with van der Waals surface area (Å²) in [6.45, 7) is 7.86. The monoisotopic (exact) mass is 458 g/mol. The third kappa shape index (κ3) is 5.08. The molecule has 0 radical (unpaired) electrons. The predicted octanol–water partition coefficient (Wildman–Crippen LogP) is 1.78. The molecule has 0 aromatic carbocycles. The first-order chi connectivity index (χ1) is 15.9. The zero-order valence-corrected chi connectivity index (χ0v) is 20.1. The van der Waals surface area contributed by atoms with E-state index in [1.165, 1.54) is 30.4 Å². The average Bonchev–Trinajstić information content (AvgIpc) is 3.38. The maximum atomic E-state index is 13.2. The van der Waals surface area contributed by atoms with Crippen LogP contribution in [0, 0.1) is 0 Å². The molecule has 9 nitrogen and oxygen atoms in total. The van der Waals surface area contributed by atoms with Gasteiger partial charge in [-0.15, -0.1) is 0 Å². The van der Waals surface area contributed by atoms with E-state index in [0.29, 0.717) is 18.8 Å². The summed E-state index contributed by atoms with van der Waals surface area (Å²) in [6.07, 6.45) is 9.20. The molecule has 2 fully saturated rings. The van der Waals surface area contributed by atoms with Crippen LogP contribution in [0.2, 0.25) is 0 Å². The SMILES string of the molecule is CCN1C(=O)c2cc(C(=O)NCCN3CCCCCC3)nn2C[C@]1(C)C(=O)NC1CCCC1. The van der Waals surface area contributed by atoms with Crippen LogP contribution in [0.3, 0.4) is 0 Å². The molecule has 3 heterocycles. The molecule has 1 saturated carbocycles. The van der Waals surface area contributed by atoms with E-state index in [9.17, 15) is 14.4 Å². The predicted molar refractivity (Wildman–Crippen MR) is 125 cm³/mol. The quantitative estimate of drug-likeness (QED) is 0.649. The Hall–Kier alpha value is -2.42. The molecule has 1 aromatic heterocycles. The number of aromatic nitrogens is 2. The summed E-state index contributed by atoms with van der Waals surface area (Å²) in [4.78, 5) is 43.2. The molecule has 33 heavy (non-hydrogen) atoms. The lowest BCUT2D eigenvalue weighted by molar-refractivity contribution is -0.133.